The van der Waals surface area contributed by atoms with E-state index in [0.717, 1.165) is 16.7 Å². The highest BCUT2D eigenvalue weighted by atomic mass is 16.5. The molecule has 3 aromatic carbocycles. The summed E-state index contributed by atoms with van der Waals surface area (Å²) >= 11 is 0. The third-order valence-electron chi connectivity index (χ3n) is 7.04. The first-order chi connectivity index (χ1) is 19.8. The Kier molecular flexibility index (Phi) is 10.2. The van der Waals surface area contributed by atoms with Crippen LogP contribution in [0.15, 0.2) is 90.6 Å². The number of carbonyl (C=O) groups excluding carboxylic acids is 1. The predicted molar refractivity (Wildman–Crippen MR) is 159 cm³/mol. The van der Waals surface area contributed by atoms with Gasteiger partial charge in [0.2, 0.25) is 0 Å². The second-order valence-corrected chi connectivity index (χ2v) is 10.4. The number of hydrogen-bond donors (Lipinski definition) is 2. The zero-order valence-corrected chi connectivity index (χ0v) is 24.1. The Balaban J connectivity index is 1.77. The summed E-state index contributed by atoms with van der Waals surface area (Å²) < 4.78 is 17.8. The van der Waals surface area contributed by atoms with Gasteiger partial charge < -0.3 is 29.3 Å². The summed E-state index contributed by atoms with van der Waals surface area (Å²) in [7, 11) is 0. The van der Waals surface area contributed by atoms with Crippen molar-refractivity contribution < 1.29 is 29.2 Å². The van der Waals surface area contributed by atoms with Gasteiger partial charge in [0.05, 0.1) is 30.5 Å². The Morgan fingerprint density at radius 3 is 2.05 bits per heavy atom. The number of aryl methyl sites for hydroxylation is 1. The molecule has 3 aromatic rings. The molecule has 0 saturated carbocycles. The highest BCUT2D eigenvalue weighted by Gasteiger charge is 2.33. The number of aliphatic hydroxyl groups is 2. The third kappa shape index (κ3) is 7.37. The second kappa shape index (κ2) is 14.0. The van der Waals surface area contributed by atoms with Gasteiger partial charge in [-0.2, -0.15) is 0 Å². The number of carbonyl (C=O) groups is 1. The molecule has 0 bridgehead atoms. The van der Waals surface area contributed by atoms with E-state index >= 15 is 0 Å². The average molecular weight is 558 g/mol. The minimum Gasteiger partial charge on any atom is -0.488 e. The van der Waals surface area contributed by atoms with Crippen LogP contribution in [0.2, 0.25) is 0 Å². The van der Waals surface area contributed by atoms with E-state index in [1.807, 2.05) is 98.5 Å². The second-order valence-electron chi connectivity index (χ2n) is 10.4. The Labute approximate surface area is 242 Å². The van der Waals surface area contributed by atoms with Crippen molar-refractivity contribution in [1.29, 1.82) is 0 Å². The lowest BCUT2D eigenvalue weighted by Crippen LogP contribution is -2.40. The molecule has 41 heavy (non-hydrogen) atoms. The van der Waals surface area contributed by atoms with Crippen LogP contribution in [-0.2, 0) is 22.7 Å². The summed E-state index contributed by atoms with van der Waals surface area (Å²) in [5.74, 6) is 0.664. The predicted octanol–water partition coefficient (Wildman–Crippen LogP) is 5.63. The largest absolute Gasteiger partial charge is 0.488 e. The summed E-state index contributed by atoms with van der Waals surface area (Å²) in [5, 5.41) is 21.4. The van der Waals surface area contributed by atoms with Gasteiger partial charge in [-0.25, -0.2) is 4.79 Å². The molecular weight excluding hydrogens is 518 g/mol. The number of esters is 1. The molecule has 0 amide bonds. The van der Waals surface area contributed by atoms with Crippen LogP contribution in [0.25, 0.3) is 5.70 Å². The SMILES string of the molecule is CCOC(=O)C1=CN([C@@H](CO)C(C)C)C(c2cc(C)c(OCc3ccccc3)cc2OCc2ccccc2)=C[C@H]1O. The van der Waals surface area contributed by atoms with Gasteiger partial charge in [0.25, 0.3) is 0 Å². The van der Waals surface area contributed by atoms with Crippen molar-refractivity contribution in [3.63, 3.8) is 0 Å². The number of ether oxygens (including phenoxy) is 3. The maximum Gasteiger partial charge on any atom is 0.338 e. The topological polar surface area (TPSA) is 88.5 Å². The van der Waals surface area contributed by atoms with E-state index in [9.17, 15) is 15.0 Å². The first kappa shape index (κ1) is 29.9. The van der Waals surface area contributed by atoms with Crippen molar-refractivity contribution in [3.8, 4) is 11.5 Å². The summed E-state index contributed by atoms with van der Waals surface area (Å²) in [4.78, 5) is 14.5. The van der Waals surface area contributed by atoms with Crippen LogP contribution in [0.1, 0.15) is 43.0 Å². The highest BCUT2D eigenvalue weighted by Crippen LogP contribution is 2.39. The Morgan fingerprint density at radius 2 is 1.51 bits per heavy atom. The lowest BCUT2D eigenvalue weighted by molar-refractivity contribution is -0.139. The van der Waals surface area contributed by atoms with Crippen LogP contribution in [0.3, 0.4) is 0 Å². The monoisotopic (exact) mass is 557 g/mol. The molecular formula is C34H39NO6. The highest BCUT2D eigenvalue weighted by molar-refractivity contribution is 5.92. The van der Waals surface area contributed by atoms with E-state index in [1.54, 1.807) is 19.2 Å². The van der Waals surface area contributed by atoms with E-state index in [1.165, 1.54) is 0 Å². The molecule has 0 fully saturated rings. The number of hydrogen-bond acceptors (Lipinski definition) is 7. The van der Waals surface area contributed by atoms with Gasteiger partial charge in [-0.1, -0.05) is 74.5 Å². The molecule has 2 atom stereocenters. The van der Waals surface area contributed by atoms with Gasteiger partial charge in [-0.05, 0) is 48.6 Å². The lowest BCUT2D eigenvalue weighted by atomic mass is 9.94. The molecule has 7 nitrogen and oxygen atoms in total. The minimum atomic E-state index is -1.19. The van der Waals surface area contributed by atoms with Gasteiger partial charge >= 0.3 is 5.97 Å². The Morgan fingerprint density at radius 1 is 0.927 bits per heavy atom. The fourth-order valence-corrected chi connectivity index (χ4v) is 4.75. The molecule has 0 aliphatic carbocycles. The van der Waals surface area contributed by atoms with Crippen molar-refractivity contribution in [2.75, 3.05) is 13.2 Å². The fourth-order valence-electron chi connectivity index (χ4n) is 4.75. The summed E-state index contributed by atoms with van der Waals surface area (Å²) in [6.07, 6.45) is 2.02. The van der Waals surface area contributed by atoms with Gasteiger partial charge in [-0.3, -0.25) is 0 Å². The van der Waals surface area contributed by atoms with Crippen LogP contribution < -0.4 is 9.47 Å². The Hall–Kier alpha value is -4.07. The molecule has 2 N–H and O–H groups in total. The molecule has 0 radical (unpaired) electrons. The number of aliphatic hydroxyl groups excluding tert-OH is 2. The zero-order chi connectivity index (χ0) is 29.4. The summed E-state index contributed by atoms with van der Waals surface area (Å²) in [6.45, 7) is 8.43. The smallest absolute Gasteiger partial charge is 0.338 e. The number of benzene rings is 3. The van der Waals surface area contributed by atoms with Crippen molar-refractivity contribution in [2.24, 2.45) is 5.92 Å². The van der Waals surface area contributed by atoms with Crippen LogP contribution in [0.5, 0.6) is 11.5 Å². The van der Waals surface area contributed by atoms with Crippen molar-refractivity contribution >= 4 is 11.7 Å². The molecule has 0 aromatic heterocycles. The van der Waals surface area contributed by atoms with Crippen LogP contribution in [0, 0.1) is 12.8 Å². The van der Waals surface area contributed by atoms with Crippen molar-refractivity contribution in [3.05, 3.63) is 113 Å². The quantitative estimate of drug-likeness (QED) is 0.279. The minimum absolute atomic E-state index is 0.0293. The third-order valence-corrected chi connectivity index (χ3v) is 7.04. The van der Waals surface area contributed by atoms with Crippen molar-refractivity contribution in [2.45, 2.75) is 53.1 Å². The van der Waals surface area contributed by atoms with E-state index in [2.05, 4.69) is 0 Å². The first-order valence-corrected chi connectivity index (χ1v) is 14.0. The van der Waals surface area contributed by atoms with E-state index < -0.39 is 12.1 Å². The van der Waals surface area contributed by atoms with Gasteiger partial charge in [0, 0.05) is 17.8 Å². The van der Waals surface area contributed by atoms with E-state index in [4.69, 9.17) is 14.2 Å². The number of rotatable bonds is 12. The molecule has 7 heteroatoms. The molecule has 0 saturated heterocycles. The van der Waals surface area contributed by atoms with Crippen LogP contribution in [-0.4, -0.2) is 46.4 Å². The maximum atomic E-state index is 12.7. The average Bonchev–Trinajstić information content (AvgIpc) is 2.97. The van der Waals surface area contributed by atoms with Gasteiger partial charge in [0.1, 0.15) is 30.8 Å². The molecule has 0 spiro atoms. The van der Waals surface area contributed by atoms with Gasteiger partial charge in [0.15, 0.2) is 0 Å². The standard InChI is InChI=1S/C34H39NO6/c1-5-39-34(38)28-19-35(30(20-36)23(2)3)29(17-31(28)37)27-16-24(4)32(40-21-25-12-8-6-9-13-25)18-33(27)41-22-26-14-10-7-11-15-26/h6-19,23,30-31,36-37H,5,20-22H2,1-4H3/t30-,31+/m0/s1. The van der Waals surface area contributed by atoms with Crippen LogP contribution in [0.4, 0.5) is 0 Å². The molecule has 0 unspecified atom stereocenters. The van der Waals surface area contributed by atoms with Gasteiger partial charge in [-0.15, -0.1) is 0 Å². The molecule has 1 heterocycles. The summed E-state index contributed by atoms with van der Waals surface area (Å²) in [5.41, 5.74) is 4.37. The molecule has 4 rings (SSSR count). The maximum absolute atomic E-state index is 12.7. The molecule has 1 aliphatic heterocycles. The van der Waals surface area contributed by atoms with Crippen LogP contribution >= 0.6 is 0 Å². The van der Waals surface area contributed by atoms with E-state index in [-0.39, 0.29) is 30.7 Å². The fraction of sp³-hybridized carbons (Fsp3) is 0.324. The molecule has 216 valence electrons. The normalized spacial score (nSPS) is 15.7. The first-order valence-electron chi connectivity index (χ1n) is 14.0. The lowest BCUT2D eigenvalue weighted by Gasteiger charge is -2.38. The molecule has 1 aliphatic rings. The van der Waals surface area contributed by atoms with E-state index in [0.29, 0.717) is 36.0 Å². The summed E-state index contributed by atoms with van der Waals surface area (Å²) in [6, 6.07) is 23.3. The van der Waals surface area contributed by atoms with Crippen molar-refractivity contribution in [1.82, 2.24) is 4.90 Å². The zero-order valence-electron chi connectivity index (χ0n) is 24.1. The Bertz CT molecular complexity index is 1370. The number of nitrogens with zero attached hydrogens (tertiary/aromatic N) is 1.